The Morgan fingerprint density at radius 3 is 2.65 bits per heavy atom. The maximum Gasteiger partial charge on any atom is 0.269 e. The van der Waals surface area contributed by atoms with Crippen LogP contribution in [0.5, 0.6) is 0 Å². The van der Waals surface area contributed by atoms with Gasteiger partial charge in [-0.1, -0.05) is 27.2 Å². The van der Waals surface area contributed by atoms with E-state index in [2.05, 4.69) is 31.2 Å². The quantitative estimate of drug-likeness (QED) is 0.767. The van der Waals surface area contributed by atoms with Crippen molar-refractivity contribution in [3.63, 3.8) is 0 Å². The maximum atomic E-state index is 12.3. The molecule has 5 heteroatoms. The number of hydrogen-bond acceptors (Lipinski definition) is 3. The van der Waals surface area contributed by atoms with Crippen molar-refractivity contribution in [2.45, 2.75) is 53.0 Å². The second-order valence-electron chi connectivity index (χ2n) is 5.42. The molecular formula is C15H27N3O2. The molecule has 0 aliphatic carbocycles. The Kier molecular flexibility index (Phi) is 6.71. The highest BCUT2D eigenvalue weighted by atomic mass is 16.3. The molecule has 1 amide bonds. The van der Waals surface area contributed by atoms with Crippen LogP contribution in [0.3, 0.4) is 0 Å². The second-order valence-corrected chi connectivity index (χ2v) is 5.42. The van der Waals surface area contributed by atoms with Crippen LogP contribution in [0.2, 0.25) is 0 Å². The Hall–Kier alpha value is -1.36. The van der Waals surface area contributed by atoms with E-state index in [1.807, 2.05) is 13.0 Å². The summed E-state index contributed by atoms with van der Waals surface area (Å²) in [5, 5.41) is 16.4. The van der Waals surface area contributed by atoms with E-state index >= 15 is 0 Å². The molecule has 20 heavy (non-hydrogen) atoms. The average Bonchev–Trinajstić information content (AvgIpc) is 2.87. The first-order chi connectivity index (χ1) is 9.53. The fourth-order valence-electron chi connectivity index (χ4n) is 2.10. The standard InChI is InChI=1S/C15H27N3O2/c1-5-12(7-8-19)10-16-15(20)14-9-13(11(3)4)17-18(14)6-2/h9,11-12,19H,5-8,10H2,1-4H3,(H,16,20). The predicted octanol–water partition coefficient (Wildman–Crippen LogP) is 2.16. The van der Waals surface area contributed by atoms with Crippen LogP contribution in [0, 0.1) is 5.92 Å². The van der Waals surface area contributed by atoms with Crippen molar-refractivity contribution < 1.29 is 9.90 Å². The van der Waals surface area contributed by atoms with E-state index in [4.69, 9.17) is 5.11 Å². The molecule has 0 saturated heterocycles. The highest BCUT2D eigenvalue weighted by Gasteiger charge is 2.17. The van der Waals surface area contributed by atoms with Crippen molar-refractivity contribution >= 4 is 5.91 Å². The molecule has 1 atom stereocenters. The zero-order valence-electron chi connectivity index (χ0n) is 13.0. The number of carbonyl (C=O) groups is 1. The molecule has 0 aliphatic heterocycles. The summed E-state index contributed by atoms with van der Waals surface area (Å²) >= 11 is 0. The first-order valence-corrected chi connectivity index (χ1v) is 7.50. The van der Waals surface area contributed by atoms with Crippen molar-refractivity contribution in [2.24, 2.45) is 5.92 Å². The van der Waals surface area contributed by atoms with Crippen LogP contribution >= 0.6 is 0 Å². The fraction of sp³-hybridized carbons (Fsp3) is 0.733. The van der Waals surface area contributed by atoms with E-state index in [0.29, 0.717) is 30.6 Å². The summed E-state index contributed by atoms with van der Waals surface area (Å²) in [6, 6.07) is 1.87. The topological polar surface area (TPSA) is 67.2 Å². The van der Waals surface area contributed by atoms with Gasteiger partial charge in [-0.05, 0) is 31.2 Å². The van der Waals surface area contributed by atoms with Gasteiger partial charge in [0, 0.05) is 19.7 Å². The monoisotopic (exact) mass is 281 g/mol. The zero-order chi connectivity index (χ0) is 15.1. The van der Waals surface area contributed by atoms with Gasteiger partial charge < -0.3 is 10.4 Å². The van der Waals surface area contributed by atoms with Crippen molar-refractivity contribution in [1.29, 1.82) is 0 Å². The molecule has 0 saturated carbocycles. The van der Waals surface area contributed by atoms with Crippen molar-refractivity contribution in [1.82, 2.24) is 15.1 Å². The molecule has 0 fully saturated rings. The molecule has 1 unspecified atom stereocenters. The Balaban J connectivity index is 2.71. The number of aryl methyl sites for hydroxylation is 1. The number of nitrogens with one attached hydrogen (secondary N) is 1. The zero-order valence-corrected chi connectivity index (χ0v) is 13.0. The second kappa shape index (κ2) is 8.04. The van der Waals surface area contributed by atoms with E-state index in [1.54, 1.807) is 4.68 Å². The summed E-state index contributed by atoms with van der Waals surface area (Å²) in [6.45, 7) is 9.63. The molecule has 0 aromatic carbocycles. The van der Waals surface area contributed by atoms with E-state index in [0.717, 1.165) is 18.5 Å². The number of aromatic nitrogens is 2. The Bertz CT molecular complexity index is 427. The number of amides is 1. The van der Waals surface area contributed by atoms with Crippen LogP contribution in [-0.4, -0.2) is 33.9 Å². The lowest BCUT2D eigenvalue weighted by atomic mass is 10.0. The van der Waals surface area contributed by atoms with Gasteiger partial charge in [0.25, 0.3) is 5.91 Å². The normalized spacial score (nSPS) is 12.7. The average molecular weight is 281 g/mol. The van der Waals surface area contributed by atoms with E-state index in [-0.39, 0.29) is 12.5 Å². The maximum absolute atomic E-state index is 12.3. The van der Waals surface area contributed by atoms with Gasteiger partial charge in [-0.2, -0.15) is 5.10 Å². The molecule has 2 N–H and O–H groups in total. The number of aliphatic hydroxyl groups excluding tert-OH is 1. The van der Waals surface area contributed by atoms with Gasteiger partial charge in [-0.3, -0.25) is 9.48 Å². The minimum atomic E-state index is -0.0809. The number of nitrogens with zero attached hydrogens (tertiary/aromatic N) is 2. The molecule has 0 radical (unpaired) electrons. The molecule has 0 spiro atoms. The highest BCUT2D eigenvalue weighted by Crippen LogP contribution is 2.15. The molecule has 1 aromatic heterocycles. The Labute approximate surface area is 121 Å². The van der Waals surface area contributed by atoms with Gasteiger partial charge in [0.15, 0.2) is 0 Å². The van der Waals surface area contributed by atoms with Crippen LogP contribution in [0.4, 0.5) is 0 Å². The fourth-order valence-corrected chi connectivity index (χ4v) is 2.10. The van der Waals surface area contributed by atoms with Gasteiger partial charge in [0.2, 0.25) is 0 Å². The summed E-state index contributed by atoms with van der Waals surface area (Å²) in [4.78, 5) is 12.3. The molecule has 0 aliphatic rings. The number of rotatable bonds is 8. The van der Waals surface area contributed by atoms with Crippen LogP contribution in [0.15, 0.2) is 6.07 Å². The van der Waals surface area contributed by atoms with Gasteiger partial charge in [-0.25, -0.2) is 0 Å². The van der Waals surface area contributed by atoms with Gasteiger partial charge in [0.1, 0.15) is 5.69 Å². The third-order valence-electron chi connectivity index (χ3n) is 3.59. The highest BCUT2D eigenvalue weighted by molar-refractivity contribution is 5.92. The van der Waals surface area contributed by atoms with Gasteiger partial charge >= 0.3 is 0 Å². The first kappa shape index (κ1) is 16.7. The summed E-state index contributed by atoms with van der Waals surface area (Å²) in [5.74, 6) is 0.557. The number of aliphatic hydroxyl groups is 1. The summed E-state index contributed by atoms with van der Waals surface area (Å²) in [5.41, 5.74) is 1.56. The third kappa shape index (κ3) is 4.34. The van der Waals surface area contributed by atoms with E-state index in [9.17, 15) is 4.79 Å². The SMILES string of the molecule is CCC(CCO)CNC(=O)c1cc(C(C)C)nn1CC. The lowest BCUT2D eigenvalue weighted by Gasteiger charge is -2.14. The molecule has 1 aromatic rings. The summed E-state index contributed by atoms with van der Waals surface area (Å²) in [7, 11) is 0. The minimum Gasteiger partial charge on any atom is -0.396 e. The van der Waals surface area contributed by atoms with Crippen molar-refractivity contribution in [2.75, 3.05) is 13.2 Å². The van der Waals surface area contributed by atoms with E-state index in [1.165, 1.54) is 0 Å². The predicted molar refractivity (Wildman–Crippen MR) is 79.8 cm³/mol. The smallest absolute Gasteiger partial charge is 0.269 e. The van der Waals surface area contributed by atoms with Crippen LogP contribution in [0.1, 0.15) is 62.6 Å². The first-order valence-electron chi connectivity index (χ1n) is 7.50. The Morgan fingerprint density at radius 1 is 1.45 bits per heavy atom. The molecule has 0 bridgehead atoms. The summed E-state index contributed by atoms with van der Waals surface area (Å²) in [6.07, 6.45) is 1.67. The minimum absolute atomic E-state index is 0.0809. The lowest BCUT2D eigenvalue weighted by Crippen LogP contribution is -2.31. The van der Waals surface area contributed by atoms with Crippen molar-refractivity contribution in [3.05, 3.63) is 17.5 Å². The molecular weight excluding hydrogens is 254 g/mol. The lowest BCUT2D eigenvalue weighted by molar-refractivity contribution is 0.0933. The number of hydrogen-bond donors (Lipinski definition) is 2. The Morgan fingerprint density at radius 2 is 2.15 bits per heavy atom. The van der Waals surface area contributed by atoms with Crippen molar-refractivity contribution in [3.8, 4) is 0 Å². The van der Waals surface area contributed by atoms with Gasteiger partial charge in [-0.15, -0.1) is 0 Å². The van der Waals surface area contributed by atoms with Gasteiger partial charge in [0.05, 0.1) is 5.69 Å². The molecule has 114 valence electrons. The largest absolute Gasteiger partial charge is 0.396 e. The molecule has 1 heterocycles. The number of carbonyl (C=O) groups excluding carboxylic acids is 1. The molecule has 1 rings (SSSR count). The summed E-state index contributed by atoms with van der Waals surface area (Å²) < 4.78 is 1.75. The third-order valence-corrected chi connectivity index (χ3v) is 3.59. The van der Waals surface area contributed by atoms with Crippen LogP contribution in [0.25, 0.3) is 0 Å². The van der Waals surface area contributed by atoms with Crippen LogP contribution < -0.4 is 5.32 Å². The molecule has 5 nitrogen and oxygen atoms in total. The van der Waals surface area contributed by atoms with E-state index < -0.39 is 0 Å². The van der Waals surface area contributed by atoms with Crippen LogP contribution in [-0.2, 0) is 6.54 Å².